The first-order chi connectivity index (χ1) is 12.7. The maximum absolute atomic E-state index is 12.4. The maximum atomic E-state index is 12.4. The van der Waals surface area contributed by atoms with Crippen LogP contribution in [0.25, 0.3) is 0 Å². The largest absolute Gasteiger partial charge is 0.393 e. The Morgan fingerprint density at radius 1 is 1.04 bits per heavy atom. The second kappa shape index (κ2) is 6.83. The van der Waals surface area contributed by atoms with Gasteiger partial charge in [0, 0.05) is 18.8 Å². The van der Waals surface area contributed by atoms with Crippen LogP contribution in [-0.2, 0) is 4.79 Å². The van der Waals surface area contributed by atoms with Gasteiger partial charge in [0.05, 0.1) is 11.7 Å². The molecule has 0 heterocycles. The van der Waals surface area contributed by atoms with E-state index in [1.165, 1.54) is 6.42 Å². The summed E-state index contributed by atoms with van der Waals surface area (Å²) < 4.78 is 0. The van der Waals surface area contributed by atoms with Crippen molar-refractivity contribution in [3.8, 4) is 0 Å². The van der Waals surface area contributed by atoms with Gasteiger partial charge in [0.1, 0.15) is 5.78 Å². The average molecular weight is 377 g/mol. The molecule has 0 aromatic heterocycles. The Morgan fingerprint density at radius 2 is 1.78 bits per heavy atom. The van der Waals surface area contributed by atoms with Crippen molar-refractivity contribution in [3.63, 3.8) is 0 Å². The summed E-state index contributed by atoms with van der Waals surface area (Å²) in [6, 6.07) is 0. The highest BCUT2D eigenvalue weighted by Crippen LogP contribution is 2.68. The van der Waals surface area contributed by atoms with Gasteiger partial charge in [-0.2, -0.15) is 0 Å². The topological polar surface area (TPSA) is 57.5 Å². The predicted octanol–water partition coefficient (Wildman–Crippen LogP) is 4.88. The van der Waals surface area contributed by atoms with Crippen LogP contribution >= 0.6 is 0 Å². The number of Topliss-reactive ketones (excluding diaryl/α,β-unsaturated/α-hetero) is 1. The fourth-order valence-corrected chi connectivity index (χ4v) is 8.26. The number of aliphatic hydroxyl groups is 2. The van der Waals surface area contributed by atoms with Gasteiger partial charge in [-0.3, -0.25) is 4.79 Å². The van der Waals surface area contributed by atoms with Crippen molar-refractivity contribution in [1.82, 2.24) is 0 Å². The Hall–Kier alpha value is -0.410. The van der Waals surface area contributed by atoms with Crippen molar-refractivity contribution in [1.29, 1.82) is 0 Å². The third-order valence-electron chi connectivity index (χ3n) is 9.86. The molecule has 0 saturated heterocycles. The van der Waals surface area contributed by atoms with Gasteiger partial charge < -0.3 is 10.2 Å². The van der Waals surface area contributed by atoms with Gasteiger partial charge in [-0.15, -0.1) is 0 Å². The molecular formula is C24H40O3. The SMILES string of the molecule is CCCCCC1(O)CC2C3CCC(O)C3(C)CCC2C2(C)CCC(=O)CC12. The first kappa shape index (κ1) is 19.9. The van der Waals surface area contributed by atoms with Crippen LogP contribution in [0.1, 0.15) is 97.8 Å². The summed E-state index contributed by atoms with van der Waals surface area (Å²) in [4.78, 5) is 12.4. The first-order valence-electron chi connectivity index (χ1n) is 11.7. The summed E-state index contributed by atoms with van der Waals surface area (Å²) in [6.45, 7) is 6.92. The molecule has 27 heavy (non-hydrogen) atoms. The molecule has 0 aromatic rings. The van der Waals surface area contributed by atoms with E-state index < -0.39 is 5.60 Å². The predicted molar refractivity (Wildman–Crippen MR) is 107 cm³/mol. The molecule has 2 N–H and O–H groups in total. The van der Waals surface area contributed by atoms with Crippen LogP contribution in [-0.4, -0.2) is 27.7 Å². The number of rotatable bonds is 4. The molecule has 4 aliphatic rings. The highest BCUT2D eigenvalue weighted by Gasteiger charge is 2.65. The second-order valence-electron chi connectivity index (χ2n) is 11.1. The minimum Gasteiger partial charge on any atom is -0.393 e. The molecule has 4 fully saturated rings. The number of ketones is 1. The number of carbonyl (C=O) groups excluding carboxylic acids is 1. The van der Waals surface area contributed by atoms with Crippen molar-refractivity contribution in [2.24, 2.45) is 34.5 Å². The molecule has 0 aromatic carbocycles. The molecule has 0 amide bonds. The number of aliphatic hydroxyl groups excluding tert-OH is 1. The van der Waals surface area contributed by atoms with Gasteiger partial charge in [0.15, 0.2) is 0 Å². The number of carbonyl (C=O) groups is 1. The zero-order chi connectivity index (χ0) is 19.4. The third kappa shape index (κ3) is 2.94. The van der Waals surface area contributed by atoms with E-state index in [4.69, 9.17) is 0 Å². The fourth-order valence-electron chi connectivity index (χ4n) is 8.26. The Kier molecular flexibility index (Phi) is 5.03. The smallest absolute Gasteiger partial charge is 0.133 e. The zero-order valence-electron chi connectivity index (χ0n) is 17.7. The summed E-state index contributed by atoms with van der Waals surface area (Å²) in [5, 5.41) is 22.7. The number of fused-ring (bicyclic) bond motifs is 5. The summed E-state index contributed by atoms with van der Waals surface area (Å²) in [6.07, 6.45) is 11.5. The van der Waals surface area contributed by atoms with Crippen LogP contribution in [0.5, 0.6) is 0 Å². The number of hydrogen-bond donors (Lipinski definition) is 2. The molecule has 4 saturated carbocycles. The van der Waals surface area contributed by atoms with Crippen LogP contribution in [0.4, 0.5) is 0 Å². The van der Waals surface area contributed by atoms with Gasteiger partial charge in [0.25, 0.3) is 0 Å². The molecule has 3 heteroatoms. The summed E-state index contributed by atoms with van der Waals surface area (Å²) >= 11 is 0. The molecule has 8 unspecified atom stereocenters. The van der Waals surface area contributed by atoms with Crippen molar-refractivity contribution in [2.45, 2.75) is 110 Å². The van der Waals surface area contributed by atoms with E-state index in [1.54, 1.807) is 0 Å². The van der Waals surface area contributed by atoms with Crippen molar-refractivity contribution in [2.75, 3.05) is 0 Å². The first-order valence-corrected chi connectivity index (χ1v) is 11.7. The monoisotopic (exact) mass is 376 g/mol. The van der Waals surface area contributed by atoms with Gasteiger partial charge in [-0.1, -0.05) is 40.0 Å². The maximum Gasteiger partial charge on any atom is 0.133 e. The van der Waals surface area contributed by atoms with Crippen LogP contribution in [0.15, 0.2) is 0 Å². The fraction of sp³-hybridized carbons (Fsp3) is 0.958. The Balaban J connectivity index is 1.68. The van der Waals surface area contributed by atoms with E-state index in [9.17, 15) is 15.0 Å². The lowest BCUT2D eigenvalue weighted by Gasteiger charge is -2.64. The normalized spacial score (nSPS) is 52.2. The van der Waals surface area contributed by atoms with Crippen LogP contribution in [0, 0.1) is 34.5 Å². The Labute approximate surface area is 165 Å². The highest BCUT2D eigenvalue weighted by molar-refractivity contribution is 5.80. The zero-order valence-corrected chi connectivity index (χ0v) is 17.7. The minimum absolute atomic E-state index is 0.0409. The lowest BCUT2D eigenvalue weighted by atomic mass is 9.41. The second-order valence-corrected chi connectivity index (χ2v) is 11.1. The molecular weight excluding hydrogens is 336 g/mol. The Bertz CT molecular complexity index is 588. The van der Waals surface area contributed by atoms with E-state index >= 15 is 0 Å². The third-order valence-corrected chi connectivity index (χ3v) is 9.86. The van der Waals surface area contributed by atoms with Gasteiger partial charge in [-0.05, 0) is 73.5 Å². The molecule has 4 rings (SSSR count). The van der Waals surface area contributed by atoms with Crippen molar-refractivity contribution in [3.05, 3.63) is 0 Å². The molecule has 0 aliphatic heterocycles. The van der Waals surface area contributed by atoms with Gasteiger partial charge in [0.2, 0.25) is 0 Å². The molecule has 0 radical (unpaired) electrons. The van der Waals surface area contributed by atoms with Crippen LogP contribution < -0.4 is 0 Å². The van der Waals surface area contributed by atoms with Crippen LogP contribution in [0.3, 0.4) is 0 Å². The molecule has 8 atom stereocenters. The van der Waals surface area contributed by atoms with E-state index in [1.807, 2.05) is 0 Å². The minimum atomic E-state index is -0.688. The highest BCUT2D eigenvalue weighted by atomic mass is 16.3. The molecule has 0 bridgehead atoms. The summed E-state index contributed by atoms with van der Waals surface area (Å²) in [5.41, 5.74) is -0.557. The van der Waals surface area contributed by atoms with E-state index in [-0.39, 0.29) is 22.9 Å². The quantitative estimate of drug-likeness (QED) is 0.688. The lowest BCUT2D eigenvalue weighted by molar-refractivity contribution is -0.209. The van der Waals surface area contributed by atoms with Gasteiger partial charge in [-0.25, -0.2) is 0 Å². The molecule has 0 spiro atoms. The van der Waals surface area contributed by atoms with Crippen molar-refractivity contribution < 1.29 is 15.0 Å². The van der Waals surface area contributed by atoms with E-state index in [0.717, 1.165) is 57.8 Å². The van der Waals surface area contributed by atoms with Gasteiger partial charge >= 0.3 is 0 Å². The summed E-state index contributed by atoms with van der Waals surface area (Å²) in [7, 11) is 0. The molecule has 154 valence electrons. The Morgan fingerprint density at radius 3 is 2.52 bits per heavy atom. The summed E-state index contributed by atoms with van der Waals surface area (Å²) in [5.74, 6) is 2.17. The van der Waals surface area contributed by atoms with Crippen molar-refractivity contribution >= 4 is 5.78 Å². The number of unbranched alkanes of at least 4 members (excludes halogenated alkanes) is 2. The van der Waals surface area contributed by atoms with E-state index in [0.29, 0.717) is 36.4 Å². The standard InChI is InChI=1S/C24H40O3/c1-4-5-6-11-24(27)15-17-18-7-8-21(26)23(18,3)13-10-19(17)22(2)12-9-16(25)14-20(22)24/h17-21,26-27H,4-15H2,1-3H3. The number of hydrogen-bond acceptors (Lipinski definition) is 3. The average Bonchev–Trinajstić information content (AvgIpc) is 2.92. The van der Waals surface area contributed by atoms with E-state index in [2.05, 4.69) is 20.8 Å². The lowest BCUT2D eigenvalue weighted by Crippen LogP contribution is -2.63. The van der Waals surface area contributed by atoms with Crippen LogP contribution in [0.2, 0.25) is 0 Å². The molecule has 3 nitrogen and oxygen atoms in total. The molecule has 4 aliphatic carbocycles.